The fourth-order valence-corrected chi connectivity index (χ4v) is 2.45. The summed E-state index contributed by atoms with van der Waals surface area (Å²) in [5.74, 6) is -1.05. The summed E-state index contributed by atoms with van der Waals surface area (Å²) in [6.07, 6.45) is -0.768. The number of benzene rings is 1. The highest BCUT2D eigenvalue weighted by Gasteiger charge is 2.31. The third-order valence-corrected chi connectivity index (χ3v) is 3.70. The molecule has 5 nitrogen and oxygen atoms in total. The highest BCUT2D eigenvalue weighted by Crippen LogP contribution is 2.20. The smallest absolute Gasteiger partial charge is 0.312 e. The lowest BCUT2D eigenvalue weighted by Crippen LogP contribution is -2.53. The van der Waals surface area contributed by atoms with Crippen molar-refractivity contribution in [1.82, 2.24) is 9.80 Å². The van der Waals surface area contributed by atoms with E-state index in [1.165, 1.54) is 9.80 Å². The van der Waals surface area contributed by atoms with Gasteiger partial charge in [-0.1, -0.05) is 23.8 Å². The number of likely N-dealkylation sites (N-methyl/N-ethyl adjacent to an activating group) is 1. The molecule has 1 aliphatic heterocycles. The lowest BCUT2D eigenvalue weighted by atomic mass is 10.0. The molecule has 2 rings (SSSR count). The van der Waals surface area contributed by atoms with Crippen molar-refractivity contribution < 1.29 is 14.7 Å². The van der Waals surface area contributed by atoms with Crippen LogP contribution >= 0.6 is 0 Å². The fourth-order valence-electron chi connectivity index (χ4n) is 2.45. The molecule has 1 aliphatic rings. The van der Waals surface area contributed by atoms with E-state index in [9.17, 15) is 14.7 Å². The highest BCUT2D eigenvalue weighted by atomic mass is 16.3. The van der Waals surface area contributed by atoms with Crippen molar-refractivity contribution in [3.8, 4) is 0 Å². The van der Waals surface area contributed by atoms with Crippen LogP contribution in [0.3, 0.4) is 0 Å². The molecule has 0 radical (unpaired) electrons. The van der Waals surface area contributed by atoms with Gasteiger partial charge in [0, 0.05) is 20.1 Å². The maximum atomic E-state index is 11.9. The number of piperazine rings is 1. The Morgan fingerprint density at radius 3 is 2.55 bits per heavy atom. The number of carbonyl (C=O) groups is 2. The van der Waals surface area contributed by atoms with Gasteiger partial charge in [-0.3, -0.25) is 9.59 Å². The average Bonchev–Trinajstić information content (AvgIpc) is 2.39. The summed E-state index contributed by atoms with van der Waals surface area (Å²) >= 11 is 0. The van der Waals surface area contributed by atoms with Gasteiger partial charge >= 0.3 is 11.8 Å². The number of rotatable bonds is 3. The molecule has 1 aromatic carbocycles. The zero-order valence-electron chi connectivity index (χ0n) is 12.1. The van der Waals surface area contributed by atoms with Crippen molar-refractivity contribution in [3.05, 3.63) is 34.9 Å². The van der Waals surface area contributed by atoms with E-state index in [2.05, 4.69) is 0 Å². The Morgan fingerprint density at radius 2 is 1.90 bits per heavy atom. The molecule has 108 valence electrons. The Balaban J connectivity index is 2.10. The minimum absolute atomic E-state index is 0.155. The van der Waals surface area contributed by atoms with Crippen LogP contribution in [0.15, 0.2) is 18.2 Å². The van der Waals surface area contributed by atoms with Gasteiger partial charge in [0.1, 0.15) is 0 Å². The molecule has 0 bridgehead atoms. The quantitative estimate of drug-likeness (QED) is 0.824. The molecule has 0 aromatic heterocycles. The molecule has 20 heavy (non-hydrogen) atoms. The number of nitrogens with zero attached hydrogens (tertiary/aromatic N) is 2. The molecule has 1 fully saturated rings. The minimum atomic E-state index is -0.768. The third-order valence-electron chi connectivity index (χ3n) is 3.70. The van der Waals surface area contributed by atoms with Gasteiger partial charge in [0.2, 0.25) is 0 Å². The normalized spacial score (nSPS) is 17.6. The van der Waals surface area contributed by atoms with Gasteiger partial charge in [-0.15, -0.1) is 0 Å². The van der Waals surface area contributed by atoms with Crippen LogP contribution in [0.2, 0.25) is 0 Å². The van der Waals surface area contributed by atoms with Gasteiger partial charge in [0.05, 0.1) is 12.6 Å². The molecule has 1 saturated heterocycles. The number of β-amino-alcohol motifs (C(OH)–C–C–N with tert-alkyl or cyclic N) is 1. The van der Waals surface area contributed by atoms with E-state index in [0.717, 1.165) is 16.7 Å². The SMILES string of the molecule is Cc1ccc(C(O)CN2CCN(C)C(=O)C2=O)c(C)c1. The summed E-state index contributed by atoms with van der Waals surface area (Å²) in [5, 5.41) is 10.3. The second-order valence-electron chi connectivity index (χ2n) is 5.35. The standard InChI is InChI=1S/C15H20N2O3/c1-10-4-5-12(11(2)8-10)13(18)9-17-7-6-16(3)14(19)15(17)20/h4-5,8,13,18H,6-7,9H2,1-3H3. The Kier molecular flexibility index (Phi) is 4.09. The van der Waals surface area contributed by atoms with Crippen LogP contribution in [0.4, 0.5) is 0 Å². The van der Waals surface area contributed by atoms with Crippen LogP contribution in [0.25, 0.3) is 0 Å². The number of aliphatic hydroxyl groups excluding tert-OH is 1. The van der Waals surface area contributed by atoms with Crippen molar-refractivity contribution in [1.29, 1.82) is 0 Å². The van der Waals surface area contributed by atoms with E-state index in [4.69, 9.17) is 0 Å². The lowest BCUT2D eigenvalue weighted by Gasteiger charge is -2.33. The molecule has 1 unspecified atom stereocenters. The van der Waals surface area contributed by atoms with Gasteiger partial charge in [-0.25, -0.2) is 0 Å². The molecule has 1 atom stereocenters. The second kappa shape index (κ2) is 5.63. The van der Waals surface area contributed by atoms with Crippen molar-refractivity contribution in [2.24, 2.45) is 0 Å². The number of carbonyl (C=O) groups excluding carboxylic acids is 2. The van der Waals surface area contributed by atoms with Gasteiger partial charge in [0.25, 0.3) is 0 Å². The van der Waals surface area contributed by atoms with Crippen LogP contribution in [-0.2, 0) is 9.59 Å². The number of hydrogen-bond acceptors (Lipinski definition) is 3. The molecule has 0 saturated carbocycles. The van der Waals surface area contributed by atoms with Crippen molar-refractivity contribution in [2.75, 3.05) is 26.7 Å². The molecule has 2 amide bonds. The molecule has 1 N–H and O–H groups in total. The highest BCUT2D eigenvalue weighted by molar-refractivity contribution is 6.35. The maximum Gasteiger partial charge on any atom is 0.312 e. The maximum absolute atomic E-state index is 11.9. The van der Waals surface area contributed by atoms with Gasteiger partial charge in [0.15, 0.2) is 0 Å². The van der Waals surface area contributed by atoms with Crippen molar-refractivity contribution >= 4 is 11.8 Å². The number of aliphatic hydroxyl groups is 1. The van der Waals surface area contributed by atoms with E-state index in [-0.39, 0.29) is 6.54 Å². The topological polar surface area (TPSA) is 60.9 Å². The molecule has 5 heteroatoms. The molecule has 0 aliphatic carbocycles. The largest absolute Gasteiger partial charge is 0.387 e. The zero-order chi connectivity index (χ0) is 14.9. The third kappa shape index (κ3) is 2.82. The van der Waals surface area contributed by atoms with Gasteiger partial charge < -0.3 is 14.9 Å². The zero-order valence-corrected chi connectivity index (χ0v) is 12.1. The van der Waals surface area contributed by atoms with E-state index in [0.29, 0.717) is 13.1 Å². The Labute approximate surface area is 118 Å². The van der Waals surface area contributed by atoms with E-state index in [1.807, 2.05) is 32.0 Å². The average molecular weight is 276 g/mol. The van der Waals surface area contributed by atoms with Crippen LogP contribution in [0.1, 0.15) is 22.8 Å². The van der Waals surface area contributed by atoms with Crippen LogP contribution in [-0.4, -0.2) is 53.4 Å². The van der Waals surface area contributed by atoms with E-state index < -0.39 is 17.9 Å². The first-order chi connectivity index (χ1) is 9.40. The Hall–Kier alpha value is -1.88. The fraction of sp³-hybridized carbons (Fsp3) is 0.467. The number of hydrogen-bond donors (Lipinski definition) is 1. The predicted octanol–water partition coefficient (Wildman–Crippen LogP) is 0.637. The summed E-state index contributed by atoms with van der Waals surface area (Å²) in [6.45, 7) is 5.05. The van der Waals surface area contributed by atoms with Crippen molar-refractivity contribution in [2.45, 2.75) is 20.0 Å². The van der Waals surface area contributed by atoms with E-state index >= 15 is 0 Å². The summed E-state index contributed by atoms with van der Waals surface area (Å²) in [6, 6.07) is 5.80. The van der Waals surface area contributed by atoms with Gasteiger partial charge in [-0.05, 0) is 25.0 Å². The molecule has 1 heterocycles. The van der Waals surface area contributed by atoms with Crippen molar-refractivity contribution in [3.63, 3.8) is 0 Å². The Morgan fingerprint density at radius 1 is 1.20 bits per heavy atom. The van der Waals surface area contributed by atoms with Gasteiger partial charge in [-0.2, -0.15) is 0 Å². The molecular weight excluding hydrogens is 256 g/mol. The number of amides is 2. The summed E-state index contributed by atoms with van der Waals surface area (Å²) in [7, 11) is 1.61. The lowest BCUT2D eigenvalue weighted by molar-refractivity contribution is -0.155. The molecule has 0 spiro atoms. The summed E-state index contributed by atoms with van der Waals surface area (Å²) in [5.41, 5.74) is 2.92. The van der Waals surface area contributed by atoms with Crippen LogP contribution < -0.4 is 0 Å². The number of aryl methyl sites for hydroxylation is 2. The van der Waals surface area contributed by atoms with Crippen LogP contribution in [0, 0.1) is 13.8 Å². The molecular formula is C15H20N2O3. The Bertz CT molecular complexity index is 542. The second-order valence-corrected chi connectivity index (χ2v) is 5.35. The first-order valence-electron chi connectivity index (χ1n) is 6.69. The van der Waals surface area contributed by atoms with E-state index in [1.54, 1.807) is 7.05 Å². The summed E-state index contributed by atoms with van der Waals surface area (Å²) < 4.78 is 0. The monoisotopic (exact) mass is 276 g/mol. The first-order valence-corrected chi connectivity index (χ1v) is 6.69. The predicted molar refractivity (Wildman–Crippen MR) is 75.1 cm³/mol. The van der Waals surface area contributed by atoms with Crippen LogP contribution in [0.5, 0.6) is 0 Å². The summed E-state index contributed by atoms with van der Waals surface area (Å²) in [4.78, 5) is 26.3. The minimum Gasteiger partial charge on any atom is -0.387 e. The first kappa shape index (κ1) is 14.5. The molecule has 1 aromatic rings.